The normalized spacial score (nSPS) is 23.5. The molecule has 0 spiro atoms. The standard InChI is InChI=1S/C16H17F3N2O3/c17-16(18,19)8-21-7-9(6-14(21)23)15(24)20-12-5-4-11-10(12)2-1-3-13(11)22/h1-3,9,12,22H,4-8H2,(H,20,24)/t9-,12+/m0/s1. The Morgan fingerprint density at radius 2 is 2.12 bits per heavy atom. The van der Waals surface area contributed by atoms with E-state index < -0.39 is 30.5 Å². The number of fused-ring (bicyclic) bond motifs is 1. The minimum atomic E-state index is -4.47. The number of aromatic hydroxyl groups is 1. The number of carbonyl (C=O) groups excluding carboxylic acids is 2. The molecule has 1 heterocycles. The molecule has 1 fully saturated rings. The summed E-state index contributed by atoms with van der Waals surface area (Å²) in [6.07, 6.45) is -3.44. The van der Waals surface area contributed by atoms with Crippen molar-refractivity contribution in [1.29, 1.82) is 0 Å². The van der Waals surface area contributed by atoms with Gasteiger partial charge in [-0.05, 0) is 30.0 Å². The molecule has 2 N–H and O–H groups in total. The molecule has 24 heavy (non-hydrogen) atoms. The second-order valence-corrected chi connectivity index (χ2v) is 6.24. The topological polar surface area (TPSA) is 69.6 Å². The van der Waals surface area contributed by atoms with Crippen molar-refractivity contribution in [2.75, 3.05) is 13.1 Å². The molecule has 0 bridgehead atoms. The summed E-state index contributed by atoms with van der Waals surface area (Å²) in [5.41, 5.74) is 1.60. The van der Waals surface area contributed by atoms with Crippen molar-refractivity contribution in [2.24, 2.45) is 5.92 Å². The number of phenols is 1. The summed E-state index contributed by atoms with van der Waals surface area (Å²) < 4.78 is 37.3. The molecule has 0 unspecified atom stereocenters. The molecule has 130 valence electrons. The van der Waals surface area contributed by atoms with Gasteiger partial charge in [-0.25, -0.2) is 0 Å². The van der Waals surface area contributed by atoms with Gasteiger partial charge in [0.2, 0.25) is 11.8 Å². The fourth-order valence-electron chi connectivity index (χ4n) is 3.39. The summed E-state index contributed by atoms with van der Waals surface area (Å²) in [6.45, 7) is -1.54. The minimum absolute atomic E-state index is 0.177. The van der Waals surface area contributed by atoms with Crippen LogP contribution in [0.5, 0.6) is 5.75 Å². The van der Waals surface area contributed by atoms with E-state index in [2.05, 4.69) is 5.32 Å². The van der Waals surface area contributed by atoms with Crippen LogP contribution in [-0.4, -0.2) is 41.1 Å². The number of halogens is 3. The summed E-state index contributed by atoms with van der Waals surface area (Å²) in [6, 6.07) is 4.78. The van der Waals surface area contributed by atoms with Crippen molar-refractivity contribution in [1.82, 2.24) is 10.2 Å². The zero-order valence-electron chi connectivity index (χ0n) is 12.8. The average molecular weight is 342 g/mol. The van der Waals surface area contributed by atoms with E-state index in [1.807, 2.05) is 6.07 Å². The molecule has 1 aliphatic heterocycles. The Kier molecular flexibility index (Phi) is 4.15. The molecule has 5 nitrogen and oxygen atoms in total. The molecule has 1 aromatic rings. The van der Waals surface area contributed by atoms with Crippen molar-refractivity contribution >= 4 is 11.8 Å². The number of phenolic OH excluding ortho intramolecular Hbond substituents is 1. The maximum Gasteiger partial charge on any atom is 0.406 e. The number of hydrogen-bond donors (Lipinski definition) is 2. The van der Waals surface area contributed by atoms with Gasteiger partial charge in [0.1, 0.15) is 12.3 Å². The monoisotopic (exact) mass is 342 g/mol. The lowest BCUT2D eigenvalue weighted by Gasteiger charge is -2.19. The van der Waals surface area contributed by atoms with E-state index in [9.17, 15) is 27.9 Å². The lowest BCUT2D eigenvalue weighted by atomic mass is 10.0. The van der Waals surface area contributed by atoms with Crippen LogP contribution in [0.2, 0.25) is 0 Å². The zero-order chi connectivity index (χ0) is 17.5. The van der Waals surface area contributed by atoms with Gasteiger partial charge in [-0.15, -0.1) is 0 Å². The molecular formula is C16H17F3N2O3. The van der Waals surface area contributed by atoms with E-state index in [0.29, 0.717) is 17.7 Å². The molecule has 2 amide bonds. The first-order valence-electron chi connectivity index (χ1n) is 7.70. The van der Waals surface area contributed by atoms with Crippen LogP contribution in [0, 0.1) is 5.92 Å². The number of nitrogens with one attached hydrogen (secondary N) is 1. The largest absolute Gasteiger partial charge is 0.508 e. The number of amides is 2. The minimum Gasteiger partial charge on any atom is -0.508 e. The highest BCUT2D eigenvalue weighted by molar-refractivity contribution is 5.89. The Morgan fingerprint density at radius 3 is 2.83 bits per heavy atom. The summed E-state index contributed by atoms with van der Waals surface area (Å²) in [5.74, 6) is -1.68. The Labute approximate surface area is 136 Å². The van der Waals surface area contributed by atoms with E-state index in [1.165, 1.54) is 0 Å². The van der Waals surface area contributed by atoms with Gasteiger partial charge in [0.15, 0.2) is 0 Å². The summed E-state index contributed by atoms with van der Waals surface area (Å²) in [5, 5.41) is 12.6. The third kappa shape index (κ3) is 3.32. The number of benzene rings is 1. The molecule has 8 heteroatoms. The van der Waals surface area contributed by atoms with Gasteiger partial charge in [-0.1, -0.05) is 12.1 Å². The maximum absolute atomic E-state index is 12.4. The van der Waals surface area contributed by atoms with Gasteiger partial charge in [0.25, 0.3) is 0 Å². The number of rotatable bonds is 3. The van der Waals surface area contributed by atoms with Gasteiger partial charge in [0.05, 0.1) is 12.0 Å². The van der Waals surface area contributed by atoms with Crippen LogP contribution in [0.3, 0.4) is 0 Å². The highest BCUT2D eigenvalue weighted by Gasteiger charge is 2.41. The molecule has 0 saturated carbocycles. The van der Waals surface area contributed by atoms with Crippen LogP contribution in [0.1, 0.15) is 30.0 Å². The van der Waals surface area contributed by atoms with Crippen molar-refractivity contribution in [3.05, 3.63) is 29.3 Å². The van der Waals surface area contributed by atoms with E-state index in [0.717, 1.165) is 11.1 Å². The molecule has 2 atom stereocenters. The first kappa shape index (κ1) is 16.6. The number of carbonyl (C=O) groups is 2. The van der Waals surface area contributed by atoms with Gasteiger partial charge in [-0.3, -0.25) is 9.59 Å². The first-order valence-corrected chi connectivity index (χ1v) is 7.70. The molecule has 1 aromatic carbocycles. The van der Waals surface area contributed by atoms with Crippen molar-refractivity contribution < 1.29 is 27.9 Å². The Hall–Kier alpha value is -2.25. The van der Waals surface area contributed by atoms with E-state index in [1.54, 1.807) is 12.1 Å². The molecule has 1 saturated heterocycles. The SMILES string of the molecule is O=C(N[C@@H]1CCc2c(O)cccc21)[C@H]1CC(=O)N(CC(F)(F)F)C1. The second kappa shape index (κ2) is 5.99. The smallest absolute Gasteiger partial charge is 0.406 e. The predicted octanol–water partition coefficient (Wildman–Crippen LogP) is 1.91. The van der Waals surface area contributed by atoms with Crippen LogP contribution in [-0.2, 0) is 16.0 Å². The lowest BCUT2D eigenvalue weighted by Crippen LogP contribution is -2.37. The molecule has 0 radical (unpaired) electrons. The van der Waals surface area contributed by atoms with Crippen LogP contribution < -0.4 is 5.32 Å². The Bertz CT molecular complexity index is 675. The Balaban J connectivity index is 1.63. The van der Waals surface area contributed by atoms with Crippen LogP contribution >= 0.6 is 0 Å². The summed E-state index contributed by atoms with van der Waals surface area (Å²) in [7, 11) is 0. The van der Waals surface area contributed by atoms with E-state index in [-0.39, 0.29) is 24.8 Å². The quantitative estimate of drug-likeness (QED) is 0.882. The average Bonchev–Trinajstić information content (AvgIpc) is 3.03. The third-order valence-corrected chi connectivity index (χ3v) is 4.52. The zero-order valence-corrected chi connectivity index (χ0v) is 12.8. The highest BCUT2D eigenvalue weighted by Crippen LogP contribution is 2.36. The number of hydrogen-bond acceptors (Lipinski definition) is 3. The van der Waals surface area contributed by atoms with Crippen LogP contribution in [0.4, 0.5) is 13.2 Å². The predicted molar refractivity (Wildman–Crippen MR) is 78.1 cm³/mol. The van der Waals surface area contributed by atoms with E-state index in [4.69, 9.17) is 0 Å². The molecule has 3 rings (SSSR count). The maximum atomic E-state index is 12.4. The fraction of sp³-hybridized carbons (Fsp3) is 0.500. The first-order chi connectivity index (χ1) is 11.2. The van der Waals surface area contributed by atoms with Crippen LogP contribution in [0.15, 0.2) is 18.2 Å². The fourth-order valence-corrected chi connectivity index (χ4v) is 3.39. The van der Waals surface area contributed by atoms with E-state index >= 15 is 0 Å². The summed E-state index contributed by atoms with van der Waals surface area (Å²) in [4.78, 5) is 24.7. The lowest BCUT2D eigenvalue weighted by molar-refractivity contribution is -0.157. The van der Waals surface area contributed by atoms with Crippen molar-refractivity contribution in [2.45, 2.75) is 31.5 Å². The Morgan fingerprint density at radius 1 is 1.38 bits per heavy atom. The van der Waals surface area contributed by atoms with Gasteiger partial charge in [-0.2, -0.15) is 13.2 Å². The number of nitrogens with zero attached hydrogens (tertiary/aromatic N) is 1. The summed E-state index contributed by atoms with van der Waals surface area (Å²) >= 11 is 0. The van der Waals surface area contributed by atoms with Crippen molar-refractivity contribution in [3.63, 3.8) is 0 Å². The van der Waals surface area contributed by atoms with Gasteiger partial charge >= 0.3 is 6.18 Å². The highest BCUT2D eigenvalue weighted by atomic mass is 19.4. The van der Waals surface area contributed by atoms with Gasteiger partial charge < -0.3 is 15.3 Å². The number of alkyl halides is 3. The molecular weight excluding hydrogens is 325 g/mol. The molecule has 1 aliphatic carbocycles. The number of likely N-dealkylation sites (tertiary alicyclic amines) is 1. The second-order valence-electron chi connectivity index (χ2n) is 6.24. The molecule has 2 aliphatic rings. The van der Waals surface area contributed by atoms with Crippen molar-refractivity contribution in [3.8, 4) is 5.75 Å². The third-order valence-electron chi connectivity index (χ3n) is 4.52. The van der Waals surface area contributed by atoms with Crippen LogP contribution in [0.25, 0.3) is 0 Å². The molecule has 0 aromatic heterocycles. The van der Waals surface area contributed by atoms with Gasteiger partial charge in [0, 0.05) is 13.0 Å².